The van der Waals surface area contributed by atoms with Crippen molar-refractivity contribution in [2.45, 2.75) is 71.5 Å². The number of carbonyl (C=O) groups is 1. The zero-order valence-electron chi connectivity index (χ0n) is 15.8. The maximum absolute atomic E-state index is 12.0. The second-order valence-corrected chi connectivity index (χ2v) is 10.2. The van der Waals surface area contributed by atoms with Crippen molar-refractivity contribution >= 4 is 5.78 Å². The Morgan fingerprint density at radius 2 is 2.04 bits per heavy atom. The predicted octanol–water partition coefficient (Wildman–Crippen LogP) is 3.75. The van der Waals surface area contributed by atoms with Gasteiger partial charge in [-0.25, -0.2) is 0 Å². The number of fused-ring (bicyclic) bond motifs is 8. The molecule has 0 bridgehead atoms. The number of aliphatic hydroxyl groups excluding tert-OH is 1. The number of ether oxygens (including phenoxy) is 1. The van der Waals surface area contributed by atoms with Gasteiger partial charge in [0.05, 0.1) is 6.10 Å². The first kappa shape index (κ1) is 16.5. The van der Waals surface area contributed by atoms with E-state index in [9.17, 15) is 9.90 Å². The molecule has 3 nitrogen and oxygen atoms in total. The number of aliphatic hydroxyl groups is 1. The molecule has 3 saturated carbocycles. The molecule has 1 heterocycles. The van der Waals surface area contributed by atoms with E-state index in [4.69, 9.17) is 4.74 Å². The minimum Gasteiger partial charge on any atom is -0.396 e. The number of carbonyl (C=O) groups excluding carboxylic acids is 1. The molecule has 1 aliphatic heterocycles. The van der Waals surface area contributed by atoms with Crippen LogP contribution in [0.1, 0.15) is 59.3 Å². The summed E-state index contributed by atoms with van der Waals surface area (Å²) in [7, 11) is 0. The summed E-state index contributed by atoms with van der Waals surface area (Å²) in [6, 6.07) is 0. The molecule has 0 amide bonds. The van der Waals surface area contributed by atoms with E-state index in [1.807, 2.05) is 6.08 Å². The van der Waals surface area contributed by atoms with E-state index in [2.05, 4.69) is 20.8 Å². The zero-order chi connectivity index (χ0) is 17.6. The highest BCUT2D eigenvalue weighted by Gasteiger charge is 2.69. The Morgan fingerprint density at radius 3 is 2.80 bits per heavy atom. The zero-order valence-corrected chi connectivity index (χ0v) is 15.8. The number of rotatable bonds is 2. The molecule has 138 valence electrons. The molecule has 0 aromatic carbocycles. The molecule has 1 saturated heterocycles. The molecule has 25 heavy (non-hydrogen) atoms. The number of hydrogen-bond donors (Lipinski definition) is 1. The van der Waals surface area contributed by atoms with Crippen LogP contribution in [0, 0.1) is 40.4 Å². The molecule has 4 fully saturated rings. The lowest BCUT2D eigenvalue weighted by Crippen LogP contribution is -2.53. The lowest BCUT2D eigenvalue weighted by molar-refractivity contribution is -0.117. The first-order valence-corrected chi connectivity index (χ1v) is 10.4. The van der Waals surface area contributed by atoms with E-state index < -0.39 is 0 Å². The van der Waals surface area contributed by atoms with Crippen molar-refractivity contribution in [3.8, 4) is 0 Å². The Balaban J connectivity index is 1.51. The normalized spacial score (nSPS) is 54.7. The van der Waals surface area contributed by atoms with Gasteiger partial charge in [-0.1, -0.05) is 20.8 Å². The molecule has 5 aliphatic rings. The van der Waals surface area contributed by atoms with Crippen LogP contribution >= 0.6 is 0 Å². The van der Waals surface area contributed by atoms with Crippen molar-refractivity contribution < 1.29 is 14.6 Å². The van der Waals surface area contributed by atoms with Gasteiger partial charge in [0.25, 0.3) is 0 Å². The van der Waals surface area contributed by atoms with Crippen LogP contribution in [-0.4, -0.2) is 29.7 Å². The number of hydrogen-bond acceptors (Lipinski definition) is 3. The quantitative estimate of drug-likeness (QED) is 0.776. The summed E-state index contributed by atoms with van der Waals surface area (Å²) in [5.74, 6) is 3.43. The fourth-order valence-corrected chi connectivity index (χ4v) is 7.91. The van der Waals surface area contributed by atoms with E-state index in [0.717, 1.165) is 12.3 Å². The van der Waals surface area contributed by atoms with Gasteiger partial charge in [0.15, 0.2) is 5.78 Å². The van der Waals surface area contributed by atoms with Crippen molar-refractivity contribution in [3.63, 3.8) is 0 Å². The van der Waals surface area contributed by atoms with Crippen molar-refractivity contribution in [1.82, 2.24) is 0 Å². The lowest BCUT2D eigenvalue weighted by atomic mass is 9.46. The second kappa shape index (κ2) is 5.19. The van der Waals surface area contributed by atoms with Crippen LogP contribution in [-0.2, 0) is 9.53 Å². The first-order chi connectivity index (χ1) is 11.9. The molecule has 3 heteroatoms. The van der Waals surface area contributed by atoms with Crippen LogP contribution in [0.2, 0.25) is 0 Å². The van der Waals surface area contributed by atoms with Crippen LogP contribution in [0.4, 0.5) is 0 Å². The SMILES string of the molecule is C[C@H](CO)C1CCC2C3C(CC[C@@]21C)[C@@]1(C)CCC(=O)C=C1[C@H]1O[C@@H]31. The minimum absolute atomic E-state index is 0.179. The van der Waals surface area contributed by atoms with Crippen LogP contribution in [0.5, 0.6) is 0 Å². The molecule has 1 N–H and O–H groups in total. The average molecular weight is 344 g/mol. The van der Waals surface area contributed by atoms with Gasteiger partial charge in [-0.3, -0.25) is 4.79 Å². The summed E-state index contributed by atoms with van der Waals surface area (Å²) in [6.45, 7) is 7.48. The topological polar surface area (TPSA) is 49.8 Å². The largest absolute Gasteiger partial charge is 0.396 e. The van der Waals surface area contributed by atoms with Gasteiger partial charge in [0.2, 0.25) is 0 Å². The highest BCUT2D eigenvalue weighted by atomic mass is 16.6. The van der Waals surface area contributed by atoms with Crippen LogP contribution in [0.15, 0.2) is 11.6 Å². The van der Waals surface area contributed by atoms with Crippen LogP contribution in [0.3, 0.4) is 0 Å². The van der Waals surface area contributed by atoms with Crippen LogP contribution in [0.25, 0.3) is 0 Å². The minimum atomic E-state index is 0.179. The van der Waals surface area contributed by atoms with Crippen molar-refractivity contribution in [1.29, 1.82) is 0 Å². The van der Waals surface area contributed by atoms with Gasteiger partial charge in [-0.2, -0.15) is 0 Å². The Kier molecular flexibility index (Phi) is 3.43. The highest BCUT2D eigenvalue weighted by molar-refractivity contribution is 5.92. The molecule has 0 aromatic heterocycles. The third kappa shape index (κ3) is 2.03. The van der Waals surface area contributed by atoms with Crippen molar-refractivity contribution in [2.24, 2.45) is 40.4 Å². The van der Waals surface area contributed by atoms with Gasteiger partial charge in [-0.05, 0) is 84.2 Å². The van der Waals surface area contributed by atoms with Gasteiger partial charge >= 0.3 is 0 Å². The Labute approximate surface area is 151 Å². The van der Waals surface area contributed by atoms with Gasteiger partial charge in [0, 0.05) is 13.0 Å². The van der Waals surface area contributed by atoms with Gasteiger partial charge in [0.1, 0.15) is 6.10 Å². The third-order valence-corrected chi connectivity index (χ3v) is 9.28. The fourth-order valence-electron chi connectivity index (χ4n) is 7.91. The molecule has 0 spiro atoms. The smallest absolute Gasteiger partial charge is 0.155 e. The summed E-state index contributed by atoms with van der Waals surface area (Å²) >= 11 is 0. The summed E-state index contributed by atoms with van der Waals surface area (Å²) < 4.78 is 6.24. The van der Waals surface area contributed by atoms with Crippen molar-refractivity contribution in [2.75, 3.05) is 6.61 Å². The maximum Gasteiger partial charge on any atom is 0.155 e. The Bertz CT molecular complexity index is 639. The standard InChI is InChI=1S/C22H32O3/c1-12(11-23)14-4-5-15-18-16(7-9-21(14,15)2)22(3)8-6-13(24)10-17(22)19-20(18)25-19/h10,12,14-16,18-20,23H,4-9,11H2,1-3H3/t12-,14?,15?,16?,18?,19-,20+,21-,22-/m1/s1. The molecule has 5 rings (SSSR count). The molecule has 4 aliphatic carbocycles. The number of epoxide rings is 1. The predicted molar refractivity (Wildman–Crippen MR) is 95.9 cm³/mol. The molecular weight excluding hydrogens is 312 g/mol. The number of ketones is 1. The molecule has 0 radical (unpaired) electrons. The van der Waals surface area contributed by atoms with E-state index in [1.165, 1.54) is 31.3 Å². The van der Waals surface area contributed by atoms with Gasteiger partial charge in [-0.15, -0.1) is 0 Å². The highest BCUT2D eigenvalue weighted by Crippen LogP contribution is 2.70. The fraction of sp³-hybridized carbons (Fsp3) is 0.864. The lowest BCUT2D eigenvalue weighted by Gasteiger charge is -2.57. The van der Waals surface area contributed by atoms with E-state index in [-0.39, 0.29) is 11.5 Å². The monoisotopic (exact) mass is 344 g/mol. The summed E-state index contributed by atoms with van der Waals surface area (Å²) in [5, 5.41) is 9.75. The summed E-state index contributed by atoms with van der Waals surface area (Å²) in [4.78, 5) is 12.0. The third-order valence-electron chi connectivity index (χ3n) is 9.28. The maximum atomic E-state index is 12.0. The van der Waals surface area contributed by atoms with E-state index in [1.54, 1.807) is 0 Å². The van der Waals surface area contributed by atoms with Crippen LogP contribution < -0.4 is 0 Å². The molecular formula is C22H32O3. The average Bonchev–Trinajstić information content (AvgIpc) is 3.30. The molecule has 4 unspecified atom stereocenters. The molecule has 0 aromatic rings. The van der Waals surface area contributed by atoms with E-state index in [0.29, 0.717) is 54.0 Å². The first-order valence-electron chi connectivity index (χ1n) is 10.4. The second-order valence-electron chi connectivity index (χ2n) is 10.2. The Hall–Kier alpha value is -0.670. The van der Waals surface area contributed by atoms with Crippen molar-refractivity contribution in [3.05, 3.63) is 11.6 Å². The van der Waals surface area contributed by atoms with Gasteiger partial charge < -0.3 is 9.84 Å². The summed E-state index contributed by atoms with van der Waals surface area (Å²) in [6.07, 6.45) is 9.38. The van der Waals surface area contributed by atoms with E-state index >= 15 is 0 Å². The molecule has 9 atom stereocenters. The summed E-state index contributed by atoms with van der Waals surface area (Å²) in [5.41, 5.74) is 1.87. The Morgan fingerprint density at radius 1 is 1.24 bits per heavy atom.